The van der Waals surface area contributed by atoms with Gasteiger partial charge in [-0.1, -0.05) is 0 Å². The maximum absolute atomic E-state index is 15.6. The predicted molar refractivity (Wildman–Crippen MR) is 123 cm³/mol. The van der Waals surface area contributed by atoms with Crippen molar-refractivity contribution in [1.82, 2.24) is 9.47 Å². The first-order valence-corrected chi connectivity index (χ1v) is 11.6. The molecule has 1 aromatic carbocycles. The van der Waals surface area contributed by atoms with Crippen molar-refractivity contribution in [2.75, 3.05) is 44.7 Å². The molecule has 2 fully saturated rings. The van der Waals surface area contributed by atoms with Gasteiger partial charge in [-0.2, -0.15) is 0 Å². The van der Waals surface area contributed by atoms with E-state index >= 15 is 4.39 Å². The van der Waals surface area contributed by atoms with Crippen molar-refractivity contribution in [1.29, 1.82) is 0 Å². The Labute approximate surface area is 196 Å². The third-order valence-electron chi connectivity index (χ3n) is 7.06. The summed E-state index contributed by atoms with van der Waals surface area (Å²) in [6, 6.07) is 0.844. The summed E-state index contributed by atoms with van der Waals surface area (Å²) >= 11 is 0. The van der Waals surface area contributed by atoms with E-state index in [1.54, 1.807) is 4.57 Å². The van der Waals surface area contributed by atoms with Crippen LogP contribution >= 0.6 is 0 Å². The van der Waals surface area contributed by atoms with E-state index in [1.165, 1.54) is 6.20 Å². The summed E-state index contributed by atoms with van der Waals surface area (Å²) in [6.07, 6.45) is 1.17. The van der Waals surface area contributed by atoms with Gasteiger partial charge in [0, 0.05) is 38.8 Å². The number of nitrogens with zero attached hydrogens (tertiary/aromatic N) is 3. The molecule has 34 heavy (non-hydrogen) atoms. The maximum Gasteiger partial charge on any atom is 0.341 e. The van der Waals surface area contributed by atoms with Gasteiger partial charge in [-0.05, 0) is 33.9 Å². The molecular weight excluding hydrogens is 445 g/mol. The highest BCUT2D eigenvalue weighted by Crippen LogP contribution is 2.45. The minimum Gasteiger partial charge on any atom is -0.484 e. The van der Waals surface area contributed by atoms with Crippen LogP contribution in [0.1, 0.15) is 43.6 Å². The van der Waals surface area contributed by atoms with E-state index in [1.807, 2.05) is 32.7 Å². The number of piperazine rings is 1. The Kier molecular flexibility index (Phi) is 5.57. The van der Waals surface area contributed by atoms with Gasteiger partial charge >= 0.3 is 5.97 Å². The molecule has 0 bridgehead atoms. The number of rotatable bonds is 4. The molecular formula is C24H30FN3O6. The molecule has 0 saturated carbocycles. The fourth-order valence-electron chi connectivity index (χ4n) is 5.17. The number of pyridine rings is 1. The third kappa shape index (κ3) is 3.83. The largest absolute Gasteiger partial charge is 0.484 e. The molecule has 3 aliphatic rings. The van der Waals surface area contributed by atoms with Gasteiger partial charge in [-0.25, -0.2) is 9.18 Å². The number of likely N-dealkylation sites (N-methyl/N-ethyl adjacent to an activating group) is 1. The summed E-state index contributed by atoms with van der Waals surface area (Å²) in [5.74, 6) is -2.34. The fourth-order valence-corrected chi connectivity index (χ4v) is 5.17. The number of carbonyl (C=O) groups is 1. The van der Waals surface area contributed by atoms with Gasteiger partial charge in [0.15, 0.2) is 17.4 Å². The summed E-state index contributed by atoms with van der Waals surface area (Å²) in [5, 5.41) is 9.65. The van der Waals surface area contributed by atoms with E-state index in [-0.39, 0.29) is 28.8 Å². The number of ether oxygens (including phenoxy) is 3. The van der Waals surface area contributed by atoms with Crippen molar-refractivity contribution in [2.45, 2.75) is 51.2 Å². The van der Waals surface area contributed by atoms with Crippen LogP contribution in [0.5, 0.6) is 5.75 Å². The second-order valence-electron chi connectivity index (χ2n) is 9.89. The van der Waals surface area contributed by atoms with Crippen LogP contribution in [-0.4, -0.2) is 78.4 Å². The number of hydrogen-bond acceptors (Lipinski definition) is 7. The highest BCUT2D eigenvalue weighted by atomic mass is 19.1. The molecule has 4 heterocycles. The molecule has 3 unspecified atom stereocenters. The average molecular weight is 476 g/mol. The molecule has 5 rings (SSSR count). The Morgan fingerprint density at radius 3 is 2.59 bits per heavy atom. The highest BCUT2D eigenvalue weighted by molar-refractivity contribution is 5.97. The molecule has 0 spiro atoms. The minimum absolute atomic E-state index is 0.0113. The van der Waals surface area contributed by atoms with Crippen molar-refractivity contribution in [3.63, 3.8) is 0 Å². The van der Waals surface area contributed by atoms with Gasteiger partial charge in [0.25, 0.3) is 0 Å². The van der Waals surface area contributed by atoms with Gasteiger partial charge in [0.05, 0.1) is 29.7 Å². The molecule has 3 aliphatic heterocycles. The van der Waals surface area contributed by atoms with Crippen LogP contribution in [-0.2, 0) is 9.47 Å². The van der Waals surface area contributed by atoms with Crippen molar-refractivity contribution in [3.8, 4) is 5.75 Å². The predicted octanol–water partition coefficient (Wildman–Crippen LogP) is 2.45. The smallest absolute Gasteiger partial charge is 0.341 e. The maximum atomic E-state index is 15.6. The van der Waals surface area contributed by atoms with E-state index in [0.29, 0.717) is 37.3 Å². The monoisotopic (exact) mass is 475 g/mol. The molecule has 3 atom stereocenters. The Hall–Kier alpha value is -2.69. The third-order valence-corrected chi connectivity index (χ3v) is 7.06. The average Bonchev–Trinajstić information content (AvgIpc) is 3.11. The van der Waals surface area contributed by atoms with E-state index < -0.39 is 29.1 Å². The highest BCUT2D eigenvalue weighted by Gasteiger charge is 2.40. The number of aromatic carboxylic acids is 1. The number of carboxylic acids is 1. The lowest BCUT2D eigenvalue weighted by Gasteiger charge is -2.39. The van der Waals surface area contributed by atoms with Crippen LogP contribution in [0.3, 0.4) is 0 Å². The van der Waals surface area contributed by atoms with E-state index in [2.05, 4.69) is 4.90 Å². The molecule has 0 amide bonds. The lowest BCUT2D eigenvalue weighted by Crippen LogP contribution is -2.45. The van der Waals surface area contributed by atoms with E-state index in [4.69, 9.17) is 14.2 Å². The standard InChI is InChI=1S/C24H30FN3O6/c1-13-18(9-14-12-32-24(2,3)34-14)33-22-19-15(21(29)16(23(30)31)11-28(13)19)10-17(25)20(22)27-7-5-26(4)6-8-27/h10-11,13-14,18H,5-9,12H2,1-4H3,(H,30,31). The molecule has 0 radical (unpaired) electrons. The summed E-state index contributed by atoms with van der Waals surface area (Å²) < 4.78 is 35.5. The number of benzene rings is 1. The Bertz CT molecular complexity index is 1200. The second kappa shape index (κ2) is 8.21. The topological polar surface area (TPSA) is 93.5 Å². The second-order valence-corrected chi connectivity index (χ2v) is 9.89. The first-order chi connectivity index (χ1) is 16.1. The molecule has 0 aliphatic carbocycles. The molecule has 9 nitrogen and oxygen atoms in total. The van der Waals surface area contributed by atoms with Crippen molar-refractivity contribution < 1.29 is 28.5 Å². The van der Waals surface area contributed by atoms with Gasteiger partial charge in [-0.15, -0.1) is 0 Å². The summed E-state index contributed by atoms with van der Waals surface area (Å²) in [5.41, 5.74) is -0.359. The number of anilines is 1. The van der Waals surface area contributed by atoms with Crippen LogP contribution in [0, 0.1) is 5.82 Å². The zero-order chi connectivity index (χ0) is 24.4. The zero-order valence-corrected chi connectivity index (χ0v) is 19.8. The minimum atomic E-state index is -1.34. The number of aromatic nitrogens is 1. The summed E-state index contributed by atoms with van der Waals surface area (Å²) in [6.45, 7) is 8.76. The molecule has 1 aromatic heterocycles. The van der Waals surface area contributed by atoms with Crippen LogP contribution < -0.4 is 15.1 Å². The summed E-state index contributed by atoms with van der Waals surface area (Å²) in [7, 11) is 2.02. The SMILES string of the molecule is CC1C(CC2COC(C)(C)O2)Oc2c(N3CCN(C)CC3)c(F)cc3c(=O)c(C(=O)O)cn1c23. The fraction of sp³-hybridized carbons (Fsp3) is 0.583. The Morgan fingerprint density at radius 2 is 1.97 bits per heavy atom. The van der Waals surface area contributed by atoms with Crippen LogP contribution in [0.25, 0.3) is 10.9 Å². The lowest BCUT2D eigenvalue weighted by atomic mass is 9.99. The molecule has 2 saturated heterocycles. The van der Waals surface area contributed by atoms with Gasteiger partial charge in [0.2, 0.25) is 5.43 Å². The van der Waals surface area contributed by atoms with Crippen LogP contribution in [0.15, 0.2) is 17.1 Å². The number of halogens is 1. The molecule has 1 N–H and O–H groups in total. The van der Waals surface area contributed by atoms with Crippen molar-refractivity contribution >= 4 is 22.6 Å². The van der Waals surface area contributed by atoms with E-state index in [0.717, 1.165) is 19.2 Å². The number of carboxylic acid groups (broad SMARTS) is 1. The normalized spacial score (nSPS) is 26.6. The zero-order valence-electron chi connectivity index (χ0n) is 19.8. The molecule has 10 heteroatoms. The first-order valence-electron chi connectivity index (χ1n) is 11.6. The Morgan fingerprint density at radius 1 is 1.26 bits per heavy atom. The van der Waals surface area contributed by atoms with Crippen LogP contribution in [0.2, 0.25) is 0 Å². The van der Waals surface area contributed by atoms with Gasteiger partial charge < -0.3 is 33.7 Å². The van der Waals surface area contributed by atoms with Crippen molar-refractivity contribution in [2.24, 2.45) is 0 Å². The molecule has 2 aromatic rings. The quantitative estimate of drug-likeness (QED) is 0.721. The van der Waals surface area contributed by atoms with Gasteiger partial charge in [-0.3, -0.25) is 4.79 Å². The lowest BCUT2D eigenvalue weighted by molar-refractivity contribution is -0.141. The summed E-state index contributed by atoms with van der Waals surface area (Å²) in [4.78, 5) is 28.9. The van der Waals surface area contributed by atoms with Crippen LogP contribution in [0.4, 0.5) is 10.1 Å². The van der Waals surface area contributed by atoms with E-state index in [9.17, 15) is 14.7 Å². The number of hydrogen-bond donors (Lipinski definition) is 1. The molecule has 184 valence electrons. The first kappa shape index (κ1) is 23.1. The Balaban J connectivity index is 1.65. The van der Waals surface area contributed by atoms with Gasteiger partial charge in [0.1, 0.15) is 17.4 Å². The van der Waals surface area contributed by atoms with Crippen molar-refractivity contribution in [3.05, 3.63) is 33.9 Å².